The van der Waals surface area contributed by atoms with Crippen LogP contribution in [0.3, 0.4) is 0 Å². The van der Waals surface area contributed by atoms with Gasteiger partial charge in [-0.15, -0.1) is 0 Å². The molecular weight excluding hydrogens is 236 g/mol. The zero-order valence-electron chi connectivity index (χ0n) is 12.6. The Morgan fingerprint density at radius 1 is 1.42 bits per heavy atom. The number of ketones is 1. The molecule has 0 unspecified atom stereocenters. The van der Waals surface area contributed by atoms with E-state index in [-0.39, 0.29) is 5.92 Å². The molecule has 3 nitrogen and oxygen atoms in total. The van der Waals surface area contributed by atoms with Crippen molar-refractivity contribution in [2.45, 2.75) is 65.8 Å². The van der Waals surface area contributed by atoms with E-state index in [1.807, 2.05) is 16.9 Å². The molecule has 0 bridgehead atoms. The SMILES string of the molecule is CC(C)n1ccc(CC(=O)C2CCC(C)(C)CC2)n1. The van der Waals surface area contributed by atoms with Crippen molar-refractivity contribution in [3.63, 3.8) is 0 Å². The van der Waals surface area contributed by atoms with Crippen LogP contribution in [-0.4, -0.2) is 15.6 Å². The number of aromatic nitrogens is 2. The number of hydrogen-bond acceptors (Lipinski definition) is 2. The van der Waals surface area contributed by atoms with Crippen LogP contribution in [0.1, 0.15) is 65.1 Å². The van der Waals surface area contributed by atoms with Crippen molar-refractivity contribution in [3.05, 3.63) is 18.0 Å². The number of Topliss-reactive ketones (excluding diaryl/α,β-unsaturated/α-hetero) is 1. The standard InChI is InChI=1S/C16H26N2O/c1-12(2)18-10-7-14(17-18)11-15(19)13-5-8-16(3,4)9-6-13/h7,10,12-13H,5-6,8-9,11H2,1-4H3. The Kier molecular flexibility index (Phi) is 4.12. The van der Waals surface area contributed by atoms with E-state index in [0.717, 1.165) is 18.5 Å². The Bertz CT molecular complexity index is 435. The molecule has 19 heavy (non-hydrogen) atoms. The van der Waals surface area contributed by atoms with Gasteiger partial charge in [0.05, 0.1) is 12.1 Å². The molecule has 0 aliphatic heterocycles. The van der Waals surface area contributed by atoms with E-state index in [4.69, 9.17) is 0 Å². The number of carbonyl (C=O) groups excluding carboxylic acids is 1. The zero-order chi connectivity index (χ0) is 14.0. The molecule has 0 radical (unpaired) electrons. The van der Waals surface area contributed by atoms with Gasteiger partial charge in [0.25, 0.3) is 0 Å². The molecule has 0 atom stereocenters. The summed E-state index contributed by atoms with van der Waals surface area (Å²) < 4.78 is 1.92. The fraction of sp³-hybridized carbons (Fsp3) is 0.750. The Labute approximate surface area is 116 Å². The van der Waals surface area contributed by atoms with E-state index in [1.165, 1.54) is 12.8 Å². The number of rotatable bonds is 4. The maximum atomic E-state index is 12.3. The Morgan fingerprint density at radius 3 is 2.58 bits per heavy atom. The lowest BCUT2D eigenvalue weighted by Gasteiger charge is -2.33. The van der Waals surface area contributed by atoms with Gasteiger partial charge in [-0.25, -0.2) is 0 Å². The first-order valence-corrected chi connectivity index (χ1v) is 7.44. The molecule has 0 amide bonds. The molecule has 1 aromatic rings. The highest BCUT2D eigenvalue weighted by molar-refractivity contribution is 5.82. The van der Waals surface area contributed by atoms with Crippen molar-refractivity contribution in [1.29, 1.82) is 0 Å². The van der Waals surface area contributed by atoms with E-state index in [1.54, 1.807) is 0 Å². The summed E-state index contributed by atoms with van der Waals surface area (Å²) in [7, 11) is 0. The summed E-state index contributed by atoms with van der Waals surface area (Å²) in [5, 5.41) is 4.47. The molecule has 0 saturated heterocycles. The fourth-order valence-corrected chi connectivity index (χ4v) is 2.80. The van der Waals surface area contributed by atoms with Crippen molar-refractivity contribution in [2.24, 2.45) is 11.3 Å². The molecule has 3 heteroatoms. The summed E-state index contributed by atoms with van der Waals surface area (Å²) in [6.07, 6.45) is 6.92. The first-order valence-electron chi connectivity index (χ1n) is 7.44. The molecule has 0 spiro atoms. The Balaban J connectivity index is 1.90. The lowest BCUT2D eigenvalue weighted by atomic mass is 9.71. The third-order valence-corrected chi connectivity index (χ3v) is 4.34. The van der Waals surface area contributed by atoms with Crippen LogP contribution < -0.4 is 0 Å². The molecule has 0 aromatic carbocycles. The predicted octanol–water partition coefficient (Wildman–Crippen LogP) is 3.79. The van der Waals surface area contributed by atoms with Gasteiger partial charge in [0.1, 0.15) is 5.78 Å². The predicted molar refractivity (Wildman–Crippen MR) is 77.1 cm³/mol. The molecule has 1 fully saturated rings. The van der Waals surface area contributed by atoms with Crippen LogP contribution in [0.2, 0.25) is 0 Å². The molecule has 2 rings (SSSR count). The van der Waals surface area contributed by atoms with E-state index in [2.05, 4.69) is 32.8 Å². The van der Waals surface area contributed by atoms with E-state index >= 15 is 0 Å². The quantitative estimate of drug-likeness (QED) is 0.827. The first-order chi connectivity index (χ1) is 8.87. The minimum Gasteiger partial charge on any atom is -0.299 e. The van der Waals surface area contributed by atoms with Crippen molar-refractivity contribution in [1.82, 2.24) is 9.78 Å². The van der Waals surface area contributed by atoms with Gasteiger partial charge in [-0.05, 0) is 51.0 Å². The van der Waals surface area contributed by atoms with Gasteiger partial charge >= 0.3 is 0 Å². The second-order valence-electron chi connectivity index (χ2n) is 6.96. The van der Waals surface area contributed by atoms with Crippen LogP contribution >= 0.6 is 0 Å². The molecule has 106 valence electrons. The average Bonchev–Trinajstić information content (AvgIpc) is 2.77. The van der Waals surface area contributed by atoms with Crippen LogP contribution in [0, 0.1) is 11.3 Å². The third-order valence-electron chi connectivity index (χ3n) is 4.34. The van der Waals surface area contributed by atoms with Crippen LogP contribution in [-0.2, 0) is 11.2 Å². The minimum atomic E-state index is 0.261. The fourth-order valence-electron chi connectivity index (χ4n) is 2.80. The second-order valence-corrected chi connectivity index (χ2v) is 6.96. The maximum Gasteiger partial charge on any atom is 0.141 e. The van der Waals surface area contributed by atoms with Gasteiger partial charge in [-0.3, -0.25) is 9.48 Å². The van der Waals surface area contributed by atoms with Gasteiger partial charge in [0, 0.05) is 18.2 Å². The van der Waals surface area contributed by atoms with Gasteiger partial charge in [0.15, 0.2) is 0 Å². The largest absolute Gasteiger partial charge is 0.299 e. The topological polar surface area (TPSA) is 34.9 Å². The second kappa shape index (κ2) is 5.48. The minimum absolute atomic E-state index is 0.261. The normalized spacial score (nSPS) is 19.8. The lowest BCUT2D eigenvalue weighted by molar-refractivity contribution is -0.123. The molecule has 0 N–H and O–H groups in total. The monoisotopic (exact) mass is 262 g/mol. The van der Waals surface area contributed by atoms with Crippen molar-refractivity contribution in [2.75, 3.05) is 0 Å². The van der Waals surface area contributed by atoms with Crippen LogP contribution in [0.15, 0.2) is 12.3 Å². The Hall–Kier alpha value is -1.12. The number of nitrogens with zero attached hydrogens (tertiary/aromatic N) is 2. The zero-order valence-corrected chi connectivity index (χ0v) is 12.6. The molecule has 1 aliphatic carbocycles. The summed E-state index contributed by atoms with van der Waals surface area (Å²) in [4.78, 5) is 12.3. The van der Waals surface area contributed by atoms with Crippen LogP contribution in [0.25, 0.3) is 0 Å². The van der Waals surface area contributed by atoms with Crippen LogP contribution in [0.4, 0.5) is 0 Å². The van der Waals surface area contributed by atoms with Crippen molar-refractivity contribution < 1.29 is 4.79 Å². The summed E-state index contributed by atoms with van der Waals surface area (Å²) in [6.45, 7) is 8.81. The summed E-state index contributed by atoms with van der Waals surface area (Å²) >= 11 is 0. The summed E-state index contributed by atoms with van der Waals surface area (Å²) in [6, 6.07) is 2.34. The molecule has 1 aromatic heterocycles. The first kappa shape index (κ1) is 14.3. The van der Waals surface area contributed by atoms with Crippen LogP contribution in [0.5, 0.6) is 0 Å². The van der Waals surface area contributed by atoms with Gasteiger partial charge in [-0.1, -0.05) is 13.8 Å². The molecule has 1 aliphatic rings. The summed E-state index contributed by atoms with van der Waals surface area (Å²) in [5.41, 5.74) is 1.35. The molecule has 1 heterocycles. The van der Waals surface area contributed by atoms with E-state index in [9.17, 15) is 4.79 Å². The number of carbonyl (C=O) groups is 1. The molecule has 1 saturated carbocycles. The summed E-state index contributed by atoms with van der Waals surface area (Å²) in [5.74, 6) is 0.640. The van der Waals surface area contributed by atoms with E-state index < -0.39 is 0 Å². The lowest BCUT2D eigenvalue weighted by Crippen LogP contribution is -2.27. The van der Waals surface area contributed by atoms with Crippen molar-refractivity contribution >= 4 is 5.78 Å². The highest BCUT2D eigenvalue weighted by atomic mass is 16.1. The van der Waals surface area contributed by atoms with Gasteiger partial charge < -0.3 is 0 Å². The Morgan fingerprint density at radius 2 is 2.05 bits per heavy atom. The van der Waals surface area contributed by atoms with Gasteiger partial charge in [0.2, 0.25) is 0 Å². The van der Waals surface area contributed by atoms with Gasteiger partial charge in [-0.2, -0.15) is 5.10 Å². The highest BCUT2D eigenvalue weighted by Gasteiger charge is 2.30. The van der Waals surface area contributed by atoms with E-state index in [0.29, 0.717) is 23.7 Å². The van der Waals surface area contributed by atoms with Crippen molar-refractivity contribution in [3.8, 4) is 0 Å². The third kappa shape index (κ3) is 3.68. The highest BCUT2D eigenvalue weighted by Crippen LogP contribution is 2.38. The average molecular weight is 262 g/mol. The molecular formula is C16H26N2O. The smallest absolute Gasteiger partial charge is 0.141 e. The maximum absolute atomic E-state index is 12.3. The number of hydrogen-bond donors (Lipinski definition) is 0.